The van der Waals surface area contributed by atoms with Crippen molar-refractivity contribution in [2.45, 2.75) is 38.9 Å². The van der Waals surface area contributed by atoms with Gasteiger partial charge in [0.05, 0.1) is 18.3 Å². The number of aromatic nitrogens is 1. The minimum atomic E-state index is -0.528. The molecule has 0 aromatic carbocycles. The van der Waals surface area contributed by atoms with Crippen LogP contribution in [-0.2, 0) is 9.31 Å². The Kier molecular flexibility index (Phi) is 3.03. The summed E-state index contributed by atoms with van der Waals surface area (Å²) in [6, 6.07) is 1.55. The molecule has 0 saturated carbocycles. The van der Waals surface area contributed by atoms with Crippen molar-refractivity contribution >= 4 is 12.6 Å². The molecule has 1 aromatic rings. The summed E-state index contributed by atoms with van der Waals surface area (Å²) in [6.07, 6.45) is 1.58. The standard InChI is InChI=1S/C12H18BNO4/c1-11(2)12(3,4)18-13(17-11)8-6-9(15)10(16-5)14-7-8/h6-7,15H,1-5H3. The van der Waals surface area contributed by atoms with Gasteiger partial charge >= 0.3 is 7.12 Å². The maximum Gasteiger partial charge on any atom is 0.496 e. The summed E-state index contributed by atoms with van der Waals surface area (Å²) in [5.74, 6) is 0.167. The van der Waals surface area contributed by atoms with E-state index in [-0.39, 0.29) is 11.6 Å². The Morgan fingerprint density at radius 2 is 1.78 bits per heavy atom. The van der Waals surface area contributed by atoms with E-state index in [0.29, 0.717) is 5.46 Å². The zero-order valence-electron chi connectivity index (χ0n) is 11.4. The average molecular weight is 251 g/mol. The maximum absolute atomic E-state index is 9.71. The fourth-order valence-electron chi connectivity index (χ4n) is 1.72. The van der Waals surface area contributed by atoms with Crippen LogP contribution in [0.3, 0.4) is 0 Å². The Hall–Kier alpha value is -1.27. The van der Waals surface area contributed by atoms with E-state index < -0.39 is 18.3 Å². The third-order valence-corrected chi connectivity index (χ3v) is 3.57. The molecule has 0 atom stereocenters. The summed E-state index contributed by atoms with van der Waals surface area (Å²) >= 11 is 0. The smallest absolute Gasteiger partial charge is 0.496 e. The predicted octanol–water partition coefficient (Wildman–Crippen LogP) is 1.09. The zero-order chi connectivity index (χ0) is 13.6. The molecule has 1 aliphatic rings. The minimum Gasteiger partial charge on any atom is -0.503 e. The summed E-state index contributed by atoms with van der Waals surface area (Å²) in [6.45, 7) is 7.90. The van der Waals surface area contributed by atoms with Crippen LogP contribution in [0.5, 0.6) is 11.6 Å². The first-order valence-corrected chi connectivity index (χ1v) is 5.85. The molecule has 1 N–H and O–H groups in total. The van der Waals surface area contributed by atoms with Crippen molar-refractivity contribution in [1.82, 2.24) is 4.98 Å². The molecule has 0 aliphatic carbocycles. The van der Waals surface area contributed by atoms with Crippen LogP contribution in [0.2, 0.25) is 0 Å². The fraction of sp³-hybridized carbons (Fsp3) is 0.583. The first-order valence-electron chi connectivity index (χ1n) is 5.85. The van der Waals surface area contributed by atoms with E-state index in [1.165, 1.54) is 7.11 Å². The van der Waals surface area contributed by atoms with Crippen molar-refractivity contribution in [3.8, 4) is 11.6 Å². The molecule has 0 radical (unpaired) electrons. The number of pyridine rings is 1. The van der Waals surface area contributed by atoms with Gasteiger partial charge in [0, 0.05) is 11.7 Å². The molecule has 1 aromatic heterocycles. The number of hydrogen-bond donors (Lipinski definition) is 1. The first-order chi connectivity index (χ1) is 8.27. The molecule has 6 heteroatoms. The molecule has 0 unspecified atom stereocenters. The quantitative estimate of drug-likeness (QED) is 0.797. The van der Waals surface area contributed by atoms with Gasteiger partial charge in [0.2, 0.25) is 0 Å². The highest BCUT2D eigenvalue weighted by Gasteiger charge is 2.51. The van der Waals surface area contributed by atoms with Gasteiger partial charge in [0.25, 0.3) is 5.88 Å². The summed E-state index contributed by atoms with van der Waals surface area (Å²) in [5.41, 5.74) is -0.146. The van der Waals surface area contributed by atoms with Crippen molar-refractivity contribution in [1.29, 1.82) is 0 Å². The molecule has 18 heavy (non-hydrogen) atoms. The molecule has 0 spiro atoms. The molecular weight excluding hydrogens is 233 g/mol. The van der Waals surface area contributed by atoms with E-state index in [2.05, 4.69) is 4.98 Å². The lowest BCUT2D eigenvalue weighted by molar-refractivity contribution is 0.00578. The van der Waals surface area contributed by atoms with Gasteiger partial charge < -0.3 is 19.2 Å². The number of rotatable bonds is 2. The molecule has 5 nitrogen and oxygen atoms in total. The van der Waals surface area contributed by atoms with Crippen LogP contribution in [0.4, 0.5) is 0 Å². The average Bonchev–Trinajstić information content (AvgIpc) is 2.48. The zero-order valence-corrected chi connectivity index (χ0v) is 11.4. The second kappa shape index (κ2) is 4.14. The molecule has 98 valence electrons. The van der Waals surface area contributed by atoms with Crippen LogP contribution in [0.15, 0.2) is 12.3 Å². The Bertz CT molecular complexity index is 445. The predicted molar refractivity (Wildman–Crippen MR) is 68.2 cm³/mol. The third-order valence-electron chi connectivity index (χ3n) is 3.57. The summed E-state index contributed by atoms with van der Waals surface area (Å²) < 4.78 is 16.6. The first kappa shape index (κ1) is 13.2. The highest BCUT2D eigenvalue weighted by atomic mass is 16.7. The molecular formula is C12H18BNO4. The number of hydrogen-bond acceptors (Lipinski definition) is 5. The van der Waals surface area contributed by atoms with Gasteiger partial charge in [-0.25, -0.2) is 4.98 Å². The van der Waals surface area contributed by atoms with Crippen LogP contribution >= 0.6 is 0 Å². The van der Waals surface area contributed by atoms with Gasteiger partial charge in [-0.05, 0) is 33.8 Å². The number of methoxy groups -OCH3 is 1. The molecule has 0 bridgehead atoms. The van der Waals surface area contributed by atoms with E-state index in [1.807, 2.05) is 27.7 Å². The van der Waals surface area contributed by atoms with E-state index in [4.69, 9.17) is 14.0 Å². The van der Waals surface area contributed by atoms with Crippen molar-refractivity contribution in [3.63, 3.8) is 0 Å². The lowest BCUT2D eigenvalue weighted by Crippen LogP contribution is -2.41. The fourth-order valence-corrected chi connectivity index (χ4v) is 1.72. The lowest BCUT2D eigenvalue weighted by atomic mass is 9.80. The summed E-state index contributed by atoms with van der Waals surface area (Å²) in [4.78, 5) is 4.00. The normalized spacial score (nSPS) is 21.1. The van der Waals surface area contributed by atoms with E-state index >= 15 is 0 Å². The highest BCUT2D eigenvalue weighted by molar-refractivity contribution is 6.62. The van der Waals surface area contributed by atoms with Crippen LogP contribution in [0.1, 0.15) is 27.7 Å². The van der Waals surface area contributed by atoms with Crippen molar-refractivity contribution in [2.24, 2.45) is 0 Å². The van der Waals surface area contributed by atoms with Crippen molar-refractivity contribution in [2.75, 3.05) is 7.11 Å². The van der Waals surface area contributed by atoms with Crippen LogP contribution in [-0.4, -0.2) is 35.5 Å². The van der Waals surface area contributed by atoms with Gasteiger partial charge in [-0.3, -0.25) is 0 Å². The van der Waals surface area contributed by atoms with Crippen LogP contribution in [0.25, 0.3) is 0 Å². The second-order valence-corrected chi connectivity index (χ2v) is 5.39. The van der Waals surface area contributed by atoms with Crippen molar-refractivity contribution in [3.05, 3.63) is 12.3 Å². The topological polar surface area (TPSA) is 60.8 Å². The van der Waals surface area contributed by atoms with E-state index in [9.17, 15) is 5.11 Å². The minimum absolute atomic E-state index is 0.0234. The van der Waals surface area contributed by atoms with Gasteiger partial charge in [0.15, 0.2) is 5.75 Å². The number of aromatic hydroxyl groups is 1. The maximum atomic E-state index is 9.71. The lowest BCUT2D eigenvalue weighted by Gasteiger charge is -2.32. The molecule has 1 fully saturated rings. The Balaban J connectivity index is 2.27. The molecule has 2 heterocycles. The van der Waals surface area contributed by atoms with Crippen LogP contribution in [0, 0.1) is 0 Å². The Morgan fingerprint density at radius 3 is 2.22 bits per heavy atom. The Morgan fingerprint density at radius 1 is 1.22 bits per heavy atom. The van der Waals surface area contributed by atoms with Gasteiger partial charge in [-0.2, -0.15) is 0 Å². The third kappa shape index (κ3) is 2.06. The molecule has 2 rings (SSSR count). The van der Waals surface area contributed by atoms with Crippen molar-refractivity contribution < 1.29 is 19.2 Å². The van der Waals surface area contributed by atoms with Gasteiger partial charge in [0.1, 0.15) is 0 Å². The van der Waals surface area contributed by atoms with Gasteiger partial charge in [-0.15, -0.1) is 0 Å². The molecule has 0 amide bonds. The van der Waals surface area contributed by atoms with E-state index in [0.717, 1.165) is 0 Å². The molecule has 1 saturated heterocycles. The monoisotopic (exact) mass is 251 g/mol. The number of ether oxygens (including phenoxy) is 1. The van der Waals surface area contributed by atoms with Crippen LogP contribution < -0.4 is 10.2 Å². The largest absolute Gasteiger partial charge is 0.503 e. The highest BCUT2D eigenvalue weighted by Crippen LogP contribution is 2.36. The SMILES string of the molecule is COc1ncc(B2OC(C)(C)C(C)(C)O2)cc1O. The second-order valence-electron chi connectivity index (χ2n) is 5.39. The Labute approximate surface area is 107 Å². The van der Waals surface area contributed by atoms with Gasteiger partial charge in [-0.1, -0.05) is 0 Å². The summed E-state index contributed by atoms with van der Waals surface area (Å²) in [7, 11) is 0.926. The van der Waals surface area contributed by atoms with E-state index in [1.54, 1.807) is 12.3 Å². The molecule has 1 aliphatic heterocycles. The number of nitrogens with zero attached hydrogens (tertiary/aromatic N) is 1. The summed E-state index contributed by atoms with van der Waals surface area (Å²) in [5, 5.41) is 9.71.